The lowest BCUT2D eigenvalue weighted by Gasteiger charge is -2.31. The number of amides is 1. The van der Waals surface area contributed by atoms with E-state index in [-0.39, 0.29) is 17.9 Å². The molecule has 3 N–H and O–H groups in total. The first kappa shape index (κ1) is 18.1. The molecule has 3 rings (SSSR count). The number of nitrogens with one attached hydrogen (secondary N) is 2. The van der Waals surface area contributed by atoms with Crippen LogP contribution in [0.25, 0.3) is 0 Å². The molecule has 0 bridgehead atoms. The quantitative estimate of drug-likeness (QED) is 0.773. The van der Waals surface area contributed by atoms with Gasteiger partial charge in [-0.05, 0) is 48.1 Å². The summed E-state index contributed by atoms with van der Waals surface area (Å²) in [6.45, 7) is 3.53. The maximum Gasteiger partial charge on any atom is 0.335 e. The molecule has 1 aliphatic heterocycles. The van der Waals surface area contributed by atoms with E-state index in [1.807, 2.05) is 37.3 Å². The van der Waals surface area contributed by atoms with Gasteiger partial charge >= 0.3 is 5.97 Å². The summed E-state index contributed by atoms with van der Waals surface area (Å²) in [6.07, 6.45) is 1.52. The molecule has 0 aromatic heterocycles. The normalized spacial score (nSPS) is 19.7. The van der Waals surface area contributed by atoms with Gasteiger partial charge in [-0.3, -0.25) is 4.79 Å². The molecule has 2 unspecified atom stereocenters. The Hall–Kier alpha value is -2.66. The predicted molar refractivity (Wildman–Crippen MR) is 101 cm³/mol. The van der Waals surface area contributed by atoms with Gasteiger partial charge in [0.25, 0.3) is 5.91 Å². The second kappa shape index (κ2) is 8.15. The number of hydrogen-bond acceptors (Lipinski definition) is 3. The van der Waals surface area contributed by atoms with Crippen molar-refractivity contribution in [1.29, 1.82) is 0 Å². The van der Waals surface area contributed by atoms with Crippen molar-refractivity contribution in [2.45, 2.75) is 31.7 Å². The third-order valence-corrected chi connectivity index (χ3v) is 4.93. The smallest absolute Gasteiger partial charge is 0.335 e. The number of benzene rings is 2. The standard InChI is InChI=1S/C21H24N2O3/c1-2-14-10-16(8-9-19(14)21(25)26)17-11-18(13-22-12-17)23-20(24)15-6-4-3-5-7-15/h3-10,17-18,22H,2,11-13H2,1H3,(H,23,24)(H,25,26). The second-order valence-electron chi connectivity index (χ2n) is 6.70. The number of aryl methyl sites for hydroxylation is 1. The number of carboxylic acids is 1. The molecular weight excluding hydrogens is 328 g/mol. The zero-order valence-corrected chi connectivity index (χ0v) is 14.9. The second-order valence-corrected chi connectivity index (χ2v) is 6.70. The molecule has 5 heteroatoms. The van der Waals surface area contributed by atoms with E-state index in [1.54, 1.807) is 18.2 Å². The van der Waals surface area contributed by atoms with E-state index in [9.17, 15) is 14.7 Å². The minimum absolute atomic E-state index is 0.0469. The van der Waals surface area contributed by atoms with Gasteiger partial charge in [-0.15, -0.1) is 0 Å². The van der Waals surface area contributed by atoms with Crippen molar-refractivity contribution in [3.8, 4) is 0 Å². The minimum atomic E-state index is -0.886. The zero-order valence-electron chi connectivity index (χ0n) is 14.9. The Kier molecular flexibility index (Phi) is 5.68. The Morgan fingerprint density at radius 1 is 1.15 bits per heavy atom. The van der Waals surface area contributed by atoms with E-state index in [0.29, 0.717) is 17.5 Å². The van der Waals surface area contributed by atoms with Crippen LogP contribution in [-0.4, -0.2) is 36.1 Å². The minimum Gasteiger partial charge on any atom is -0.478 e. The fourth-order valence-corrected chi connectivity index (χ4v) is 3.53. The molecule has 1 amide bonds. The van der Waals surface area contributed by atoms with Crippen LogP contribution in [0.3, 0.4) is 0 Å². The van der Waals surface area contributed by atoms with Crippen LogP contribution in [0.4, 0.5) is 0 Å². The first-order valence-corrected chi connectivity index (χ1v) is 9.01. The summed E-state index contributed by atoms with van der Waals surface area (Å²) in [5.41, 5.74) is 3.01. The molecule has 1 fully saturated rings. The van der Waals surface area contributed by atoms with E-state index in [1.165, 1.54) is 0 Å². The first-order chi connectivity index (χ1) is 12.6. The predicted octanol–water partition coefficient (Wildman–Crippen LogP) is 2.82. The maximum atomic E-state index is 12.4. The Bertz CT molecular complexity index is 789. The highest BCUT2D eigenvalue weighted by Crippen LogP contribution is 2.26. The van der Waals surface area contributed by atoms with Crippen molar-refractivity contribution < 1.29 is 14.7 Å². The topological polar surface area (TPSA) is 78.4 Å². The van der Waals surface area contributed by atoms with Gasteiger partial charge in [-0.25, -0.2) is 4.79 Å². The molecule has 5 nitrogen and oxygen atoms in total. The number of carbonyl (C=O) groups is 2. The van der Waals surface area contributed by atoms with Gasteiger partial charge in [-0.1, -0.05) is 37.3 Å². The summed E-state index contributed by atoms with van der Waals surface area (Å²) >= 11 is 0. The van der Waals surface area contributed by atoms with E-state index in [4.69, 9.17) is 0 Å². The molecular formula is C21H24N2O3. The number of piperidine rings is 1. The number of hydrogen-bond donors (Lipinski definition) is 3. The number of aromatic carboxylic acids is 1. The van der Waals surface area contributed by atoms with Crippen molar-refractivity contribution in [2.75, 3.05) is 13.1 Å². The highest BCUT2D eigenvalue weighted by molar-refractivity contribution is 5.94. The van der Waals surface area contributed by atoms with E-state index in [2.05, 4.69) is 10.6 Å². The van der Waals surface area contributed by atoms with Crippen LogP contribution in [-0.2, 0) is 6.42 Å². The number of carboxylic acid groups (broad SMARTS) is 1. The van der Waals surface area contributed by atoms with Crippen LogP contribution in [0.1, 0.15) is 51.1 Å². The van der Waals surface area contributed by atoms with Gasteiger partial charge < -0.3 is 15.7 Å². The lowest BCUT2D eigenvalue weighted by atomic mass is 9.87. The lowest BCUT2D eigenvalue weighted by molar-refractivity contribution is 0.0695. The third kappa shape index (κ3) is 4.11. The fraction of sp³-hybridized carbons (Fsp3) is 0.333. The van der Waals surface area contributed by atoms with Gasteiger partial charge in [0.05, 0.1) is 5.56 Å². The van der Waals surface area contributed by atoms with Crippen LogP contribution in [0.15, 0.2) is 48.5 Å². The maximum absolute atomic E-state index is 12.4. The molecule has 136 valence electrons. The molecule has 0 saturated carbocycles. The highest BCUT2D eigenvalue weighted by Gasteiger charge is 2.25. The molecule has 2 aromatic carbocycles. The average molecular weight is 352 g/mol. The van der Waals surface area contributed by atoms with Crippen LogP contribution < -0.4 is 10.6 Å². The summed E-state index contributed by atoms with van der Waals surface area (Å²) in [7, 11) is 0. The molecule has 0 radical (unpaired) electrons. The molecule has 1 heterocycles. The Morgan fingerprint density at radius 2 is 1.92 bits per heavy atom. The molecule has 0 aliphatic carbocycles. The number of rotatable bonds is 5. The van der Waals surface area contributed by atoms with Crippen molar-refractivity contribution in [1.82, 2.24) is 10.6 Å². The van der Waals surface area contributed by atoms with Gasteiger partial charge in [0.2, 0.25) is 0 Å². The summed E-state index contributed by atoms with van der Waals surface area (Å²) in [5.74, 6) is -0.699. The van der Waals surface area contributed by atoms with Crippen LogP contribution in [0.2, 0.25) is 0 Å². The van der Waals surface area contributed by atoms with Crippen LogP contribution in [0.5, 0.6) is 0 Å². The lowest BCUT2D eigenvalue weighted by Crippen LogP contribution is -2.48. The van der Waals surface area contributed by atoms with E-state index >= 15 is 0 Å². The molecule has 1 aliphatic rings. The van der Waals surface area contributed by atoms with Gasteiger partial charge in [0.15, 0.2) is 0 Å². The van der Waals surface area contributed by atoms with Crippen LogP contribution in [0, 0.1) is 0 Å². The van der Waals surface area contributed by atoms with E-state index < -0.39 is 5.97 Å². The Balaban J connectivity index is 1.70. The molecule has 1 saturated heterocycles. The van der Waals surface area contributed by atoms with Gasteiger partial charge in [-0.2, -0.15) is 0 Å². The molecule has 0 spiro atoms. The van der Waals surface area contributed by atoms with Gasteiger partial charge in [0, 0.05) is 24.7 Å². The zero-order chi connectivity index (χ0) is 18.5. The summed E-state index contributed by atoms with van der Waals surface area (Å²) in [5, 5.41) is 15.8. The fourth-order valence-electron chi connectivity index (χ4n) is 3.53. The van der Waals surface area contributed by atoms with Gasteiger partial charge in [0.1, 0.15) is 0 Å². The molecule has 26 heavy (non-hydrogen) atoms. The largest absolute Gasteiger partial charge is 0.478 e. The third-order valence-electron chi connectivity index (χ3n) is 4.93. The Labute approximate surface area is 153 Å². The van der Waals surface area contributed by atoms with E-state index in [0.717, 1.165) is 30.6 Å². The molecule has 2 atom stereocenters. The monoisotopic (exact) mass is 352 g/mol. The van der Waals surface area contributed by atoms with Crippen molar-refractivity contribution in [2.24, 2.45) is 0 Å². The highest BCUT2D eigenvalue weighted by atomic mass is 16.4. The molecule has 2 aromatic rings. The SMILES string of the molecule is CCc1cc(C2CNCC(NC(=O)c3ccccc3)C2)ccc1C(=O)O. The van der Waals surface area contributed by atoms with Crippen molar-refractivity contribution >= 4 is 11.9 Å². The summed E-state index contributed by atoms with van der Waals surface area (Å²) in [4.78, 5) is 23.7. The first-order valence-electron chi connectivity index (χ1n) is 9.01. The summed E-state index contributed by atoms with van der Waals surface area (Å²) in [6, 6.07) is 14.9. The Morgan fingerprint density at radius 3 is 2.62 bits per heavy atom. The van der Waals surface area contributed by atoms with Crippen molar-refractivity contribution in [3.05, 3.63) is 70.8 Å². The van der Waals surface area contributed by atoms with Crippen molar-refractivity contribution in [3.63, 3.8) is 0 Å². The number of carbonyl (C=O) groups excluding carboxylic acids is 1. The summed E-state index contributed by atoms with van der Waals surface area (Å²) < 4.78 is 0. The van der Waals surface area contributed by atoms with Crippen LogP contribution >= 0.6 is 0 Å². The average Bonchev–Trinajstić information content (AvgIpc) is 2.68.